The molecule has 4 aromatic rings. The van der Waals surface area contributed by atoms with E-state index in [4.69, 9.17) is 4.84 Å². The van der Waals surface area contributed by atoms with Crippen molar-refractivity contribution < 1.29 is 28.0 Å². The minimum atomic E-state index is -4.36. The van der Waals surface area contributed by atoms with Crippen LogP contribution in [0.25, 0.3) is 0 Å². The highest BCUT2D eigenvalue weighted by molar-refractivity contribution is 7.92. The number of anilines is 3. The van der Waals surface area contributed by atoms with E-state index in [1.54, 1.807) is 37.3 Å². The maximum Gasteiger partial charge on any atom is 0.281 e. The predicted molar refractivity (Wildman–Crippen MR) is 212 cm³/mol. The fraction of sp³-hybridized carbons (Fsp3) is 0.317. The number of azo groups is 1. The highest BCUT2D eigenvalue weighted by Gasteiger charge is 2.37. The number of amides is 2. The summed E-state index contributed by atoms with van der Waals surface area (Å²) in [7, 11) is -4.36. The Bertz CT molecular complexity index is 2330. The van der Waals surface area contributed by atoms with Gasteiger partial charge in [0.1, 0.15) is 11.8 Å². The summed E-state index contributed by atoms with van der Waals surface area (Å²) < 4.78 is 29.8. The van der Waals surface area contributed by atoms with E-state index in [2.05, 4.69) is 67.7 Å². The molecule has 1 atom stereocenters. The molecule has 0 saturated heterocycles. The zero-order valence-corrected chi connectivity index (χ0v) is 33.0. The maximum absolute atomic E-state index is 13.7. The molecule has 13 nitrogen and oxygen atoms in total. The number of hydrazone groups is 1. The van der Waals surface area contributed by atoms with Crippen LogP contribution in [0.15, 0.2) is 105 Å². The Morgan fingerprint density at radius 1 is 1.00 bits per heavy atom. The van der Waals surface area contributed by atoms with Crippen LogP contribution in [-0.2, 0) is 30.4 Å². The van der Waals surface area contributed by atoms with Gasteiger partial charge in [-0.3, -0.25) is 14.3 Å². The van der Waals surface area contributed by atoms with Gasteiger partial charge in [-0.2, -0.15) is 25.6 Å². The fourth-order valence-corrected chi connectivity index (χ4v) is 6.85. The van der Waals surface area contributed by atoms with Crippen LogP contribution in [0.1, 0.15) is 78.0 Å². The van der Waals surface area contributed by atoms with Gasteiger partial charge in [-0.1, -0.05) is 77.9 Å². The molecule has 2 amide bonds. The van der Waals surface area contributed by atoms with Crippen LogP contribution in [0.4, 0.5) is 22.7 Å². The van der Waals surface area contributed by atoms with Gasteiger partial charge in [0.05, 0.1) is 27.6 Å². The van der Waals surface area contributed by atoms with E-state index in [9.17, 15) is 28.4 Å². The zero-order valence-electron chi connectivity index (χ0n) is 32.2. The molecule has 0 bridgehead atoms. The van der Waals surface area contributed by atoms with E-state index in [0.717, 1.165) is 34.0 Å². The Morgan fingerprint density at radius 2 is 1.69 bits per heavy atom. The molecule has 2 N–H and O–H groups in total. The molecule has 0 fully saturated rings. The van der Waals surface area contributed by atoms with Gasteiger partial charge in [0, 0.05) is 12.5 Å². The number of aromatic hydroxyl groups is 1. The summed E-state index contributed by atoms with van der Waals surface area (Å²) in [6.07, 6.45) is 1.72. The minimum Gasteiger partial charge on any atom is -0.506 e. The van der Waals surface area contributed by atoms with E-state index in [1.807, 2.05) is 18.2 Å². The number of carbonyl (C=O) groups is 2. The normalized spacial score (nSPS) is 14.8. The smallest absolute Gasteiger partial charge is 0.281 e. The third kappa shape index (κ3) is 8.52. The molecule has 0 saturated carbocycles. The number of aryl methyl sites for hydroxylation is 1. The number of hydroxylamine groups is 1. The molecular weight excluding hydrogens is 719 g/mol. The van der Waals surface area contributed by atoms with Gasteiger partial charge in [0.15, 0.2) is 11.5 Å². The second-order valence-electron chi connectivity index (χ2n) is 14.5. The lowest BCUT2D eigenvalue weighted by Crippen LogP contribution is -2.34. The molecular formula is C41H45N7O6S. The third-order valence-electron chi connectivity index (χ3n) is 9.95. The first kappa shape index (κ1) is 40.1. The summed E-state index contributed by atoms with van der Waals surface area (Å²) in [5.41, 5.74) is 2.48. The number of hydrogen-bond donors (Lipinski definition) is 2. The molecule has 1 aliphatic rings. The van der Waals surface area contributed by atoms with E-state index in [0.29, 0.717) is 17.0 Å². The molecule has 4 aromatic carbocycles. The molecule has 14 heteroatoms. The first-order valence-corrected chi connectivity index (χ1v) is 19.3. The lowest BCUT2D eigenvalue weighted by molar-refractivity contribution is -0.120. The van der Waals surface area contributed by atoms with Crippen LogP contribution in [0.5, 0.6) is 11.5 Å². The van der Waals surface area contributed by atoms with Crippen molar-refractivity contribution in [1.29, 1.82) is 5.26 Å². The molecule has 55 heavy (non-hydrogen) atoms. The van der Waals surface area contributed by atoms with Crippen molar-refractivity contribution in [2.75, 3.05) is 14.8 Å². The summed E-state index contributed by atoms with van der Waals surface area (Å²) in [5.74, 6) is -0.974. The number of sulfonamides is 1. The van der Waals surface area contributed by atoms with Crippen LogP contribution in [0, 0.1) is 18.3 Å². The van der Waals surface area contributed by atoms with Gasteiger partial charge >= 0.3 is 0 Å². The quantitative estimate of drug-likeness (QED) is 0.0778. The number of nitriles is 1. The Hall–Kier alpha value is -6.07. The number of nitrogens with zero attached hydrogens (tertiary/aromatic N) is 6. The number of phenols is 1. The van der Waals surface area contributed by atoms with Crippen molar-refractivity contribution in [2.24, 2.45) is 15.3 Å². The van der Waals surface area contributed by atoms with E-state index < -0.39 is 27.9 Å². The summed E-state index contributed by atoms with van der Waals surface area (Å²) in [6.45, 7) is 15.8. The Morgan fingerprint density at radius 3 is 2.33 bits per heavy atom. The molecule has 0 spiro atoms. The Balaban J connectivity index is 1.43. The second-order valence-corrected chi connectivity index (χ2v) is 16.2. The molecule has 1 unspecified atom stereocenters. The monoisotopic (exact) mass is 763 g/mol. The van der Waals surface area contributed by atoms with Gasteiger partial charge in [0.2, 0.25) is 6.04 Å². The zero-order chi connectivity index (χ0) is 40.3. The van der Waals surface area contributed by atoms with Gasteiger partial charge in [-0.25, -0.2) is 8.42 Å². The summed E-state index contributed by atoms with van der Waals surface area (Å²) in [4.78, 5) is 32.4. The standard InChI is InChI=1S/C41H45N7O6S/c1-9-40(5,6)28-19-20-37(32(22-28)41(7,8)10-2)54-48(27(4)49)35-24-33(36(50)21-26(35)3)46-55(52,53)31-18-14-15-29(23-31)43-44-38-34(25-42)45-47(39(38)51)30-16-12-11-13-17-30/h11-24,38,46,50H,9-10H2,1-8H3. The molecule has 0 aliphatic carbocycles. The first-order valence-electron chi connectivity index (χ1n) is 17.8. The lowest BCUT2D eigenvalue weighted by Gasteiger charge is -2.32. The van der Waals surface area contributed by atoms with Crippen molar-refractivity contribution in [3.05, 3.63) is 102 Å². The average Bonchev–Trinajstić information content (AvgIpc) is 3.49. The Kier molecular flexibility index (Phi) is 11.5. The van der Waals surface area contributed by atoms with Crippen LogP contribution >= 0.6 is 0 Å². The summed E-state index contributed by atoms with van der Waals surface area (Å²) in [5, 5.41) is 34.9. The average molecular weight is 764 g/mol. The maximum atomic E-state index is 13.7. The first-order chi connectivity index (χ1) is 25.9. The Labute approximate surface area is 322 Å². The van der Waals surface area contributed by atoms with Gasteiger partial charge in [0.25, 0.3) is 21.8 Å². The van der Waals surface area contributed by atoms with Crippen molar-refractivity contribution in [3.8, 4) is 17.6 Å². The van der Waals surface area contributed by atoms with Crippen LogP contribution in [0.2, 0.25) is 0 Å². The molecule has 5 rings (SSSR count). The summed E-state index contributed by atoms with van der Waals surface area (Å²) >= 11 is 0. The van der Waals surface area contributed by atoms with Crippen molar-refractivity contribution in [3.63, 3.8) is 0 Å². The molecule has 1 aliphatic heterocycles. The number of hydrogen-bond acceptors (Lipinski definition) is 10. The number of phenolic OH excluding ortho intramolecular Hbond substituents is 1. The number of carbonyl (C=O) groups excluding carboxylic acids is 2. The van der Waals surface area contributed by atoms with Crippen LogP contribution in [0.3, 0.4) is 0 Å². The highest BCUT2D eigenvalue weighted by atomic mass is 32.2. The van der Waals surface area contributed by atoms with E-state index >= 15 is 0 Å². The number of rotatable bonds is 13. The molecule has 0 radical (unpaired) electrons. The van der Waals surface area contributed by atoms with Crippen molar-refractivity contribution >= 4 is 50.3 Å². The van der Waals surface area contributed by atoms with Crippen molar-refractivity contribution in [1.82, 2.24) is 0 Å². The van der Waals surface area contributed by atoms with Crippen LogP contribution < -0.4 is 19.6 Å². The number of benzene rings is 4. The minimum absolute atomic E-state index is 0.0789. The van der Waals surface area contributed by atoms with Gasteiger partial charge in [-0.15, -0.1) is 5.06 Å². The summed E-state index contributed by atoms with van der Waals surface area (Å²) in [6, 6.07) is 23.2. The third-order valence-corrected chi connectivity index (χ3v) is 11.3. The predicted octanol–water partition coefficient (Wildman–Crippen LogP) is 8.60. The topological polar surface area (TPSA) is 177 Å². The number of para-hydroxylation sites is 1. The molecule has 1 heterocycles. The van der Waals surface area contributed by atoms with E-state index in [1.165, 1.54) is 43.3 Å². The van der Waals surface area contributed by atoms with Gasteiger partial charge < -0.3 is 9.94 Å². The lowest BCUT2D eigenvalue weighted by atomic mass is 9.76. The SMILES string of the molecule is CCC(C)(C)c1ccc(ON(C(C)=O)c2cc(NS(=O)(=O)c3cccc(N=NC4C(=O)N(c5ccccc5)N=C4C#N)c3)c(O)cc2C)c(C(C)(C)CC)c1. The van der Waals surface area contributed by atoms with E-state index in [-0.39, 0.29) is 44.2 Å². The van der Waals surface area contributed by atoms with Crippen LogP contribution in [-0.4, -0.2) is 37.1 Å². The largest absolute Gasteiger partial charge is 0.506 e. The molecule has 0 aromatic heterocycles. The second kappa shape index (κ2) is 15.7. The fourth-order valence-electron chi connectivity index (χ4n) is 5.74. The number of nitrogens with one attached hydrogen (secondary N) is 1. The highest BCUT2D eigenvalue weighted by Crippen LogP contribution is 2.41. The van der Waals surface area contributed by atoms with Crippen molar-refractivity contribution in [2.45, 2.75) is 90.0 Å². The molecule has 286 valence electrons. The van der Waals surface area contributed by atoms with Gasteiger partial charge in [-0.05, 0) is 90.3 Å².